The summed E-state index contributed by atoms with van der Waals surface area (Å²) in [5.74, 6) is 1.61. The minimum atomic E-state index is 0. The Morgan fingerprint density at radius 3 is 2.50 bits per heavy atom. The van der Waals surface area contributed by atoms with E-state index in [1.54, 1.807) is 18.1 Å². The number of hydrogen-bond donors (Lipinski definition) is 2. The highest BCUT2D eigenvalue weighted by molar-refractivity contribution is 14.0. The van der Waals surface area contributed by atoms with Crippen molar-refractivity contribution in [2.24, 2.45) is 12.0 Å². The number of halogens is 1. The number of guanidine groups is 1. The zero-order valence-electron chi connectivity index (χ0n) is 14.6. The molecule has 1 atom stereocenters. The highest BCUT2D eigenvalue weighted by atomic mass is 127. The molecule has 0 spiro atoms. The van der Waals surface area contributed by atoms with E-state index < -0.39 is 0 Å². The SMILES string of the molecule is CN=C(NCc1ncnn1C)NCC(c1ccccc1)N(C)C.I. The molecule has 0 bridgehead atoms. The van der Waals surface area contributed by atoms with Crippen LogP contribution in [-0.4, -0.2) is 53.3 Å². The topological polar surface area (TPSA) is 70.4 Å². The van der Waals surface area contributed by atoms with Crippen molar-refractivity contribution in [3.05, 3.63) is 48.0 Å². The zero-order valence-corrected chi connectivity index (χ0v) is 16.9. The molecule has 1 unspecified atom stereocenters. The molecule has 0 fully saturated rings. The molecule has 0 aliphatic heterocycles. The van der Waals surface area contributed by atoms with Gasteiger partial charge in [-0.1, -0.05) is 30.3 Å². The number of aromatic nitrogens is 3. The number of aryl methyl sites for hydroxylation is 1. The predicted molar refractivity (Wildman–Crippen MR) is 107 cm³/mol. The van der Waals surface area contributed by atoms with E-state index in [9.17, 15) is 0 Å². The monoisotopic (exact) mass is 443 g/mol. The first kappa shape index (κ1) is 20.4. The summed E-state index contributed by atoms with van der Waals surface area (Å²) in [5, 5.41) is 10.7. The van der Waals surface area contributed by atoms with Crippen LogP contribution < -0.4 is 10.6 Å². The highest BCUT2D eigenvalue weighted by Gasteiger charge is 2.14. The first-order valence-electron chi connectivity index (χ1n) is 7.60. The molecule has 2 rings (SSSR count). The van der Waals surface area contributed by atoms with Gasteiger partial charge in [0, 0.05) is 20.6 Å². The first-order valence-corrected chi connectivity index (χ1v) is 7.60. The van der Waals surface area contributed by atoms with Crippen molar-refractivity contribution in [1.82, 2.24) is 30.3 Å². The highest BCUT2D eigenvalue weighted by Crippen LogP contribution is 2.16. The lowest BCUT2D eigenvalue weighted by Crippen LogP contribution is -2.41. The normalized spacial score (nSPS) is 12.6. The molecule has 0 radical (unpaired) electrons. The number of benzene rings is 1. The summed E-state index contributed by atoms with van der Waals surface area (Å²) in [7, 11) is 7.79. The molecule has 0 aliphatic carbocycles. The van der Waals surface area contributed by atoms with E-state index in [1.807, 2.05) is 13.1 Å². The van der Waals surface area contributed by atoms with Crippen LogP contribution in [0.5, 0.6) is 0 Å². The molecule has 0 saturated carbocycles. The molecular formula is C16H26IN7. The largest absolute Gasteiger partial charge is 0.354 e. The van der Waals surface area contributed by atoms with Gasteiger partial charge in [-0.05, 0) is 19.7 Å². The number of nitrogens with one attached hydrogen (secondary N) is 2. The fourth-order valence-corrected chi connectivity index (χ4v) is 2.33. The Bertz CT molecular complexity index is 624. The summed E-state index contributed by atoms with van der Waals surface area (Å²) in [6.45, 7) is 1.34. The van der Waals surface area contributed by atoms with E-state index >= 15 is 0 Å². The van der Waals surface area contributed by atoms with Crippen molar-refractivity contribution in [3.8, 4) is 0 Å². The predicted octanol–water partition coefficient (Wildman–Crippen LogP) is 1.40. The lowest BCUT2D eigenvalue weighted by molar-refractivity contribution is 0.298. The van der Waals surface area contributed by atoms with Crippen LogP contribution in [0.2, 0.25) is 0 Å². The van der Waals surface area contributed by atoms with Gasteiger partial charge in [0.05, 0.1) is 12.6 Å². The third-order valence-electron chi connectivity index (χ3n) is 3.71. The van der Waals surface area contributed by atoms with Gasteiger partial charge < -0.3 is 15.5 Å². The molecule has 1 aromatic carbocycles. The smallest absolute Gasteiger partial charge is 0.191 e. The number of nitrogens with zero attached hydrogens (tertiary/aromatic N) is 5. The van der Waals surface area contributed by atoms with E-state index in [0.717, 1.165) is 18.3 Å². The maximum Gasteiger partial charge on any atom is 0.191 e. The molecule has 2 N–H and O–H groups in total. The Morgan fingerprint density at radius 2 is 1.96 bits per heavy atom. The van der Waals surface area contributed by atoms with Gasteiger partial charge in [-0.15, -0.1) is 24.0 Å². The van der Waals surface area contributed by atoms with E-state index in [-0.39, 0.29) is 30.0 Å². The van der Waals surface area contributed by atoms with E-state index in [0.29, 0.717) is 6.54 Å². The molecule has 0 saturated heterocycles. The quantitative estimate of drug-likeness (QED) is 0.402. The lowest BCUT2D eigenvalue weighted by atomic mass is 10.1. The number of rotatable bonds is 6. The average Bonchev–Trinajstić information content (AvgIpc) is 2.96. The van der Waals surface area contributed by atoms with Gasteiger partial charge >= 0.3 is 0 Å². The van der Waals surface area contributed by atoms with Crippen molar-refractivity contribution in [2.75, 3.05) is 27.7 Å². The third-order valence-corrected chi connectivity index (χ3v) is 3.71. The molecule has 8 heteroatoms. The second-order valence-corrected chi connectivity index (χ2v) is 5.50. The van der Waals surface area contributed by atoms with Crippen molar-refractivity contribution < 1.29 is 0 Å². The first-order chi connectivity index (χ1) is 11.1. The minimum Gasteiger partial charge on any atom is -0.354 e. The van der Waals surface area contributed by atoms with Gasteiger partial charge in [0.25, 0.3) is 0 Å². The van der Waals surface area contributed by atoms with Crippen LogP contribution in [0, 0.1) is 0 Å². The van der Waals surface area contributed by atoms with Gasteiger partial charge in [0.2, 0.25) is 0 Å². The minimum absolute atomic E-state index is 0. The van der Waals surface area contributed by atoms with Crippen LogP contribution in [0.1, 0.15) is 17.4 Å². The Kier molecular flexibility index (Phi) is 8.69. The number of hydrogen-bond acceptors (Lipinski definition) is 4. The van der Waals surface area contributed by atoms with Crippen LogP contribution in [-0.2, 0) is 13.6 Å². The Morgan fingerprint density at radius 1 is 1.25 bits per heavy atom. The molecule has 1 aromatic heterocycles. The van der Waals surface area contributed by atoms with E-state index in [4.69, 9.17) is 0 Å². The van der Waals surface area contributed by atoms with Crippen LogP contribution in [0.3, 0.4) is 0 Å². The van der Waals surface area contributed by atoms with E-state index in [2.05, 4.69) is 69.0 Å². The second kappa shape index (κ2) is 10.2. The molecule has 132 valence electrons. The van der Waals surface area contributed by atoms with Crippen LogP contribution in [0.25, 0.3) is 0 Å². The summed E-state index contributed by atoms with van der Waals surface area (Å²) >= 11 is 0. The van der Waals surface area contributed by atoms with Crippen molar-refractivity contribution in [2.45, 2.75) is 12.6 Å². The van der Waals surface area contributed by atoms with Crippen LogP contribution in [0.4, 0.5) is 0 Å². The third kappa shape index (κ3) is 5.75. The van der Waals surface area contributed by atoms with Crippen LogP contribution in [0.15, 0.2) is 41.7 Å². The summed E-state index contributed by atoms with van der Waals surface area (Å²) < 4.78 is 1.74. The summed E-state index contributed by atoms with van der Waals surface area (Å²) in [6, 6.07) is 10.7. The van der Waals surface area contributed by atoms with Gasteiger partial charge in [0.15, 0.2) is 5.96 Å². The molecule has 1 heterocycles. The molecule has 0 aliphatic rings. The fraction of sp³-hybridized carbons (Fsp3) is 0.438. The second-order valence-electron chi connectivity index (χ2n) is 5.50. The molecule has 7 nitrogen and oxygen atoms in total. The van der Waals surface area contributed by atoms with Crippen molar-refractivity contribution >= 4 is 29.9 Å². The van der Waals surface area contributed by atoms with Gasteiger partial charge in [0.1, 0.15) is 12.2 Å². The van der Waals surface area contributed by atoms with Gasteiger partial charge in [-0.2, -0.15) is 5.10 Å². The van der Waals surface area contributed by atoms with Crippen LogP contribution >= 0.6 is 24.0 Å². The summed E-state index contributed by atoms with van der Waals surface area (Å²) in [5.41, 5.74) is 1.27. The maximum absolute atomic E-state index is 4.26. The van der Waals surface area contributed by atoms with Gasteiger partial charge in [-0.25, -0.2) is 4.98 Å². The average molecular weight is 443 g/mol. The lowest BCUT2D eigenvalue weighted by Gasteiger charge is -2.26. The Labute approximate surface area is 160 Å². The summed E-state index contributed by atoms with van der Waals surface area (Å²) in [6.07, 6.45) is 1.55. The van der Waals surface area contributed by atoms with E-state index in [1.165, 1.54) is 5.56 Å². The van der Waals surface area contributed by atoms with Crippen molar-refractivity contribution in [3.63, 3.8) is 0 Å². The summed E-state index contributed by atoms with van der Waals surface area (Å²) in [4.78, 5) is 10.6. The standard InChI is InChI=1S/C16H25N7.HI/c1-17-16(19-11-15-20-12-21-23(15)4)18-10-14(22(2)3)13-8-6-5-7-9-13;/h5-9,12,14H,10-11H2,1-4H3,(H2,17,18,19);1H. The Hall–Kier alpha value is -1.68. The molecule has 24 heavy (non-hydrogen) atoms. The molecule has 2 aromatic rings. The fourth-order valence-electron chi connectivity index (χ4n) is 2.33. The van der Waals surface area contributed by atoms with Crippen molar-refractivity contribution in [1.29, 1.82) is 0 Å². The maximum atomic E-state index is 4.26. The van der Waals surface area contributed by atoms with Gasteiger partial charge in [-0.3, -0.25) is 9.67 Å². The zero-order chi connectivity index (χ0) is 16.7. The molecular weight excluding hydrogens is 417 g/mol. The number of aliphatic imine (C=N–C) groups is 1. The number of likely N-dealkylation sites (N-methyl/N-ethyl adjacent to an activating group) is 1. The molecule has 0 amide bonds. The Balaban J connectivity index is 0.00000288.